The van der Waals surface area contributed by atoms with Crippen LogP contribution in [-0.4, -0.2) is 26.2 Å². The summed E-state index contributed by atoms with van der Waals surface area (Å²) in [6.45, 7) is 1.47. The molecule has 0 fully saturated rings. The largest absolute Gasteiger partial charge is 0.385 e. The fraction of sp³-hybridized carbons (Fsp3) is 0.462. The number of rotatable bonds is 7. The van der Waals surface area contributed by atoms with Crippen molar-refractivity contribution in [1.29, 1.82) is 0 Å². The number of methoxy groups -OCH3 is 1. The smallest absolute Gasteiger partial charge is 0.224 e. The van der Waals surface area contributed by atoms with Crippen LogP contribution in [0.3, 0.4) is 0 Å². The van der Waals surface area contributed by atoms with Gasteiger partial charge in [0.1, 0.15) is 0 Å². The molecule has 4 heteroatoms. The minimum Gasteiger partial charge on any atom is -0.385 e. The summed E-state index contributed by atoms with van der Waals surface area (Å²) in [5, 5.41) is 2.90. The van der Waals surface area contributed by atoms with Crippen LogP contribution in [0, 0.1) is 0 Å². The number of halogens is 1. The van der Waals surface area contributed by atoms with Gasteiger partial charge in [0.15, 0.2) is 0 Å². The van der Waals surface area contributed by atoms with Crippen molar-refractivity contribution in [3.05, 3.63) is 34.3 Å². The number of unbranched alkanes of at least 4 members (excludes halogenated alkanes) is 1. The number of benzene rings is 1. The monoisotopic (exact) mass is 299 g/mol. The van der Waals surface area contributed by atoms with Crippen LogP contribution in [0.25, 0.3) is 0 Å². The zero-order chi connectivity index (χ0) is 12.5. The predicted octanol–water partition coefficient (Wildman–Crippen LogP) is 2.53. The molecule has 1 aromatic rings. The van der Waals surface area contributed by atoms with Gasteiger partial charge in [-0.05, 0) is 30.5 Å². The lowest BCUT2D eigenvalue weighted by Gasteiger charge is -2.05. The van der Waals surface area contributed by atoms with E-state index >= 15 is 0 Å². The third-order valence-electron chi connectivity index (χ3n) is 2.38. The molecule has 0 aliphatic carbocycles. The summed E-state index contributed by atoms with van der Waals surface area (Å²) in [6.07, 6.45) is 2.38. The number of hydrogen-bond donors (Lipinski definition) is 1. The highest BCUT2D eigenvalue weighted by molar-refractivity contribution is 9.10. The molecule has 0 aromatic heterocycles. The first-order chi connectivity index (χ1) is 8.22. The molecule has 94 valence electrons. The minimum atomic E-state index is 0.0738. The van der Waals surface area contributed by atoms with Crippen LogP contribution in [0.4, 0.5) is 0 Å². The number of carbonyl (C=O) groups is 1. The van der Waals surface area contributed by atoms with Gasteiger partial charge < -0.3 is 10.1 Å². The molecule has 1 aromatic carbocycles. The van der Waals surface area contributed by atoms with Gasteiger partial charge in [-0.15, -0.1) is 0 Å². The van der Waals surface area contributed by atoms with Crippen molar-refractivity contribution >= 4 is 21.8 Å². The van der Waals surface area contributed by atoms with Gasteiger partial charge >= 0.3 is 0 Å². The van der Waals surface area contributed by atoms with E-state index in [0.717, 1.165) is 36.0 Å². The Bertz CT molecular complexity index is 338. The summed E-state index contributed by atoms with van der Waals surface area (Å²) in [7, 11) is 1.69. The van der Waals surface area contributed by atoms with E-state index in [2.05, 4.69) is 21.2 Å². The summed E-state index contributed by atoms with van der Waals surface area (Å²) in [4.78, 5) is 11.6. The Morgan fingerprint density at radius 1 is 1.29 bits per heavy atom. The minimum absolute atomic E-state index is 0.0738. The van der Waals surface area contributed by atoms with Crippen molar-refractivity contribution in [1.82, 2.24) is 5.32 Å². The van der Waals surface area contributed by atoms with Gasteiger partial charge in [-0.1, -0.05) is 28.1 Å². The van der Waals surface area contributed by atoms with Crippen molar-refractivity contribution in [3.63, 3.8) is 0 Å². The summed E-state index contributed by atoms with van der Waals surface area (Å²) in [6, 6.07) is 7.80. The van der Waals surface area contributed by atoms with Gasteiger partial charge in [-0.2, -0.15) is 0 Å². The Hall–Kier alpha value is -0.870. The summed E-state index contributed by atoms with van der Waals surface area (Å²) in [5.74, 6) is 0.0738. The van der Waals surface area contributed by atoms with E-state index < -0.39 is 0 Å². The second kappa shape index (κ2) is 8.25. The van der Waals surface area contributed by atoms with E-state index in [9.17, 15) is 4.79 Å². The van der Waals surface area contributed by atoms with Crippen molar-refractivity contribution in [2.75, 3.05) is 20.3 Å². The van der Waals surface area contributed by atoms with Crippen molar-refractivity contribution in [2.24, 2.45) is 0 Å². The fourth-order valence-electron chi connectivity index (χ4n) is 1.45. The first-order valence-electron chi connectivity index (χ1n) is 5.72. The van der Waals surface area contributed by atoms with Crippen LogP contribution < -0.4 is 5.32 Å². The topological polar surface area (TPSA) is 38.3 Å². The van der Waals surface area contributed by atoms with Crippen molar-refractivity contribution in [2.45, 2.75) is 19.3 Å². The quantitative estimate of drug-likeness (QED) is 0.786. The second-order valence-electron chi connectivity index (χ2n) is 3.85. The molecule has 0 aliphatic heterocycles. The summed E-state index contributed by atoms with van der Waals surface area (Å²) < 4.78 is 5.97. The number of nitrogens with one attached hydrogen (secondary N) is 1. The molecule has 0 radical (unpaired) electrons. The molecule has 17 heavy (non-hydrogen) atoms. The van der Waals surface area contributed by atoms with E-state index in [0.29, 0.717) is 6.42 Å². The Kier molecular flexibility index (Phi) is 6.89. The Labute approximate surface area is 111 Å². The molecule has 0 atom stereocenters. The standard InChI is InChI=1S/C13H18BrNO2/c1-17-9-3-2-8-15-13(16)10-11-4-6-12(14)7-5-11/h4-7H,2-3,8-10H2,1H3,(H,15,16). The van der Waals surface area contributed by atoms with Gasteiger partial charge in [0.25, 0.3) is 0 Å². The van der Waals surface area contributed by atoms with Crippen molar-refractivity contribution in [3.8, 4) is 0 Å². The summed E-state index contributed by atoms with van der Waals surface area (Å²) >= 11 is 3.37. The molecule has 3 nitrogen and oxygen atoms in total. The lowest BCUT2D eigenvalue weighted by molar-refractivity contribution is -0.120. The molecule has 0 aliphatic rings. The molecule has 1 amide bonds. The Morgan fingerprint density at radius 3 is 2.65 bits per heavy atom. The Morgan fingerprint density at radius 2 is 2.00 bits per heavy atom. The van der Waals surface area contributed by atoms with Crippen molar-refractivity contribution < 1.29 is 9.53 Å². The number of amides is 1. The third kappa shape index (κ3) is 6.44. The predicted molar refractivity (Wildman–Crippen MR) is 72.0 cm³/mol. The SMILES string of the molecule is COCCCCNC(=O)Cc1ccc(Br)cc1. The maximum absolute atomic E-state index is 11.6. The lowest BCUT2D eigenvalue weighted by Crippen LogP contribution is -2.26. The van der Waals surface area contributed by atoms with Crippen LogP contribution in [0.5, 0.6) is 0 Å². The average Bonchev–Trinajstić information content (AvgIpc) is 2.32. The number of ether oxygens (including phenoxy) is 1. The molecule has 1 N–H and O–H groups in total. The molecule has 0 heterocycles. The molecule has 0 saturated heterocycles. The fourth-order valence-corrected chi connectivity index (χ4v) is 1.71. The van der Waals surface area contributed by atoms with Crippen LogP contribution in [-0.2, 0) is 16.0 Å². The van der Waals surface area contributed by atoms with E-state index in [-0.39, 0.29) is 5.91 Å². The molecule has 0 saturated carbocycles. The average molecular weight is 300 g/mol. The first-order valence-corrected chi connectivity index (χ1v) is 6.52. The highest BCUT2D eigenvalue weighted by Crippen LogP contribution is 2.10. The van der Waals surface area contributed by atoms with E-state index in [1.54, 1.807) is 7.11 Å². The maximum atomic E-state index is 11.6. The molecular weight excluding hydrogens is 282 g/mol. The molecule has 1 rings (SSSR count). The van der Waals surface area contributed by atoms with Crippen LogP contribution in [0.1, 0.15) is 18.4 Å². The lowest BCUT2D eigenvalue weighted by atomic mass is 10.1. The van der Waals surface area contributed by atoms with Gasteiger partial charge in [-0.3, -0.25) is 4.79 Å². The van der Waals surface area contributed by atoms with Crippen LogP contribution in [0.15, 0.2) is 28.7 Å². The van der Waals surface area contributed by atoms with Gasteiger partial charge in [0.2, 0.25) is 5.91 Å². The van der Waals surface area contributed by atoms with Gasteiger partial charge in [0.05, 0.1) is 6.42 Å². The molecule has 0 spiro atoms. The second-order valence-corrected chi connectivity index (χ2v) is 4.77. The third-order valence-corrected chi connectivity index (χ3v) is 2.90. The highest BCUT2D eigenvalue weighted by atomic mass is 79.9. The van der Waals surface area contributed by atoms with E-state index in [1.807, 2.05) is 24.3 Å². The zero-order valence-electron chi connectivity index (χ0n) is 10.0. The maximum Gasteiger partial charge on any atom is 0.224 e. The van der Waals surface area contributed by atoms with Crippen LogP contribution in [0.2, 0.25) is 0 Å². The highest BCUT2D eigenvalue weighted by Gasteiger charge is 2.02. The normalized spacial score (nSPS) is 10.2. The van der Waals surface area contributed by atoms with Crippen LogP contribution >= 0.6 is 15.9 Å². The number of carbonyl (C=O) groups excluding carboxylic acids is 1. The zero-order valence-corrected chi connectivity index (χ0v) is 11.6. The van der Waals surface area contributed by atoms with Gasteiger partial charge in [-0.25, -0.2) is 0 Å². The molecule has 0 bridgehead atoms. The van der Waals surface area contributed by atoms with E-state index in [1.165, 1.54) is 0 Å². The summed E-state index contributed by atoms with van der Waals surface area (Å²) in [5.41, 5.74) is 1.03. The number of hydrogen-bond acceptors (Lipinski definition) is 2. The van der Waals surface area contributed by atoms with Gasteiger partial charge in [0, 0.05) is 24.7 Å². The Balaban J connectivity index is 2.18. The van der Waals surface area contributed by atoms with E-state index in [4.69, 9.17) is 4.74 Å². The molecule has 0 unspecified atom stereocenters. The first kappa shape index (κ1) is 14.2. The molecular formula is C13H18BrNO2.